The molecule has 1 aromatic heterocycles. The predicted octanol–water partition coefficient (Wildman–Crippen LogP) is 2.89. The van der Waals surface area contributed by atoms with Gasteiger partial charge in [0.2, 0.25) is 5.91 Å². The van der Waals surface area contributed by atoms with E-state index in [0.717, 1.165) is 5.56 Å². The number of benzene rings is 2. The molecule has 1 heterocycles. The van der Waals surface area contributed by atoms with Crippen LogP contribution in [0.15, 0.2) is 54.7 Å². The average Bonchev–Trinajstić information content (AvgIpc) is 2.71. The highest BCUT2D eigenvalue weighted by atomic mass is 16.3. The highest BCUT2D eigenvalue weighted by Gasteiger charge is 2.16. The van der Waals surface area contributed by atoms with Gasteiger partial charge in [0.25, 0.3) is 0 Å². The molecule has 0 bridgehead atoms. The van der Waals surface area contributed by atoms with Crippen LogP contribution in [0.2, 0.25) is 0 Å². The van der Waals surface area contributed by atoms with E-state index in [1.54, 1.807) is 24.4 Å². The zero-order valence-electron chi connectivity index (χ0n) is 15.5. The number of primary amides is 1. The number of fused-ring (bicyclic) bond motifs is 1. The van der Waals surface area contributed by atoms with Gasteiger partial charge in [-0.1, -0.05) is 37.3 Å². The maximum atomic E-state index is 12.2. The molecular formula is C21H22N4O3. The van der Waals surface area contributed by atoms with Crippen molar-refractivity contribution in [2.45, 2.75) is 19.4 Å². The molecule has 1 atom stereocenters. The number of amides is 3. The second-order valence-corrected chi connectivity index (χ2v) is 6.41. The monoisotopic (exact) mass is 378 g/mol. The van der Waals surface area contributed by atoms with Gasteiger partial charge in [0.15, 0.2) is 0 Å². The third kappa shape index (κ3) is 4.27. The second kappa shape index (κ2) is 8.49. The van der Waals surface area contributed by atoms with Gasteiger partial charge >= 0.3 is 6.03 Å². The molecule has 0 aliphatic rings. The van der Waals surface area contributed by atoms with Crippen LogP contribution in [-0.2, 0) is 0 Å². The zero-order valence-corrected chi connectivity index (χ0v) is 15.5. The summed E-state index contributed by atoms with van der Waals surface area (Å²) in [6.07, 6.45) is 1.58. The maximum Gasteiger partial charge on any atom is 0.319 e. The number of aliphatic hydroxyl groups is 1. The number of rotatable bonds is 6. The molecule has 7 heteroatoms. The summed E-state index contributed by atoms with van der Waals surface area (Å²) >= 11 is 0. The first-order valence-corrected chi connectivity index (χ1v) is 9.00. The minimum atomic E-state index is -0.596. The fourth-order valence-electron chi connectivity index (χ4n) is 2.90. The van der Waals surface area contributed by atoms with Crippen molar-refractivity contribution in [3.63, 3.8) is 0 Å². The molecule has 3 aromatic rings. The van der Waals surface area contributed by atoms with Gasteiger partial charge in [-0.05, 0) is 30.2 Å². The Balaban J connectivity index is 1.97. The fraction of sp³-hybridized carbons (Fsp3) is 0.190. The average molecular weight is 378 g/mol. The van der Waals surface area contributed by atoms with E-state index in [0.29, 0.717) is 34.1 Å². The first-order valence-electron chi connectivity index (χ1n) is 9.00. The van der Waals surface area contributed by atoms with Gasteiger partial charge in [-0.2, -0.15) is 0 Å². The Hall–Kier alpha value is -3.45. The highest BCUT2D eigenvalue weighted by molar-refractivity contribution is 6.11. The summed E-state index contributed by atoms with van der Waals surface area (Å²) in [5.41, 5.74) is 8.57. The molecule has 28 heavy (non-hydrogen) atoms. The number of nitrogens with zero attached hydrogens (tertiary/aromatic N) is 1. The number of pyridine rings is 1. The maximum absolute atomic E-state index is 12.2. The van der Waals surface area contributed by atoms with Crippen molar-refractivity contribution in [2.75, 3.05) is 11.9 Å². The molecule has 0 aliphatic heterocycles. The van der Waals surface area contributed by atoms with Crippen molar-refractivity contribution in [2.24, 2.45) is 5.73 Å². The summed E-state index contributed by atoms with van der Waals surface area (Å²) in [5.74, 6) is -0.570. The first kappa shape index (κ1) is 19.3. The number of anilines is 1. The lowest BCUT2D eigenvalue weighted by atomic mass is 9.97. The van der Waals surface area contributed by atoms with Gasteiger partial charge in [0.05, 0.1) is 17.2 Å². The van der Waals surface area contributed by atoms with Crippen LogP contribution in [0.4, 0.5) is 10.5 Å². The van der Waals surface area contributed by atoms with Crippen molar-refractivity contribution in [1.82, 2.24) is 10.3 Å². The number of hydrogen-bond acceptors (Lipinski definition) is 4. The van der Waals surface area contributed by atoms with E-state index >= 15 is 0 Å². The molecule has 0 aliphatic carbocycles. The van der Waals surface area contributed by atoms with E-state index in [4.69, 9.17) is 5.73 Å². The van der Waals surface area contributed by atoms with E-state index in [1.165, 1.54) is 0 Å². The lowest BCUT2D eigenvalue weighted by molar-refractivity contribution is 0.100. The Morgan fingerprint density at radius 2 is 1.93 bits per heavy atom. The Bertz CT molecular complexity index is 1010. The number of aliphatic hydroxyl groups excluding tert-OH is 1. The Kier molecular flexibility index (Phi) is 5.86. The van der Waals surface area contributed by atoms with E-state index < -0.39 is 18.0 Å². The predicted molar refractivity (Wildman–Crippen MR) is 109 cm³/mol. The van der Waals surface area contributed by atoms with E-state index in [9.17, 15) is 14.7 Å². The van der Waals surface area contributed by atoms with Crippen LogP contribution in [0.1, 0.15) is 23.7 Å². The summed E-state index contributed by atoms with van der Waals surface area (Å²) in [6, 6.07) is 14.0. The van der Waals surface area contributed by atoms with Gasteiger partial charge in [0, 0.05) is 29.4 Å². The van der Waals surface area contributed by atoms with Crippen LogP contribution < -0.4 is 16.4 Å². The standard InChI is InChI=1S/C21H22N4O3/c1-2-15(26)11-24-21(28)25-14-8-9-18-16(10-14)19(20(22)27)17(12-23-18)13-6-4-3-5-7-13/h3-10,12,15,26H,2,11H2,1H3,(H2,22,27)(H2,24,25,28). The third-order valence-corrected chi connectivity index (χ3v) is 4.43. The van der Waals surface area contributed by atoms with E-state index in [1.807, 2.05) is 37.3 Å². The number of nitrogens with one attached hydrogen (secondary N) is 2. The SMILES string of the molecule is CCC(O)CNC(=O)Nc1ccc2ncc(-c3ccccc3)c(C(N)=O)c2c1. The molecular weight excluding hydrogens is 356 g/mol. The molecule has 0 saturated carbocycles. The molecule has 5 N–H and O–H groups in total. The van der Waals surface area contributed by atoms with Crippen LogP contribution in [0.5, 0.6) is 0 Å². The molecule has 3 amide bonds. The van der Waals surface area contributed by atoms with E-state index in [-0.39, 0.29) is 6.54 Å². The van der Waals surface area contributed by atoms with Gasteiger partial charge < -0.3 is 21.5 Å². The molecule has 0 fully saturated rings. The van der Waals surface area contributed by atoms with Gasteiger partial charge in [0.1, 0.15) is 0 Å². The Morgan fingerprint density at radius 3 is 2.61 bits per heavy atom. The number of hydrogen-bond donors (Lipinski definition) is 4. The quantitative estimate of drug-likeness (QED) is 0.527. The summed E-state index contributed by atoms with van der Waals surface area (Å²) in [5, 5.41) is 15.4. The minimum absolute atomic E-state index is 0.155. The normalized spacial score (nSPS) is 11.8. The van der Waals surface area contributed by atoms with Crippen LogP contribution in [0.3, 0.4) is 0 Å². The zero-order chi connectivity index (χ0) is 20.1. The fourth-order valence-corrected chi connectivity index (χ4v) is 2.90. The van der Waals surface area contributed by atoms with Crippen LogP contribution in [0, 0.1) is 0 Å². The lowest BCUT2D eigenvalue weighted by Crippen LogP contribution is -2.34. The van der Waals surface area contributed by atoms with Gasteiger partial charge in [-0.15, -0.1) is 0 Å². The second-order valence-electron chi connectivity index (χ2n) is 6.41. The van der Waals surface area contributed by atoms with Crippen molar-refractivity contribution in [1.29, 1.82) is 0 Å². The van der Waals surface area contributed by atoms with Gasteiger partial charge in [-0.3, -0.25) is 9.78 Å². The number of aromatic nitrogens is 1. The van der Waals surface area contributed by atoms with Crippen LogP contribution >= 0.6 is 0 Å². The smallest absolute Gasteiger partial charge is 0.319 e. The molecule has 0 spiro atoms. The van der Waals surface area contributed by atoms with Crippen LogP contribution in [0.25, 0.3) is 22.0 Å². The Morgan fingerprint density at radius 1 is 1.18 bits per heavy atom. The molecule has 0 radical (unpaired) electrons. The van der Waals surface area contributed by atoms with Crippen LogP contribution in [-0.4, -0.2) is 34.7 Å². The molecule has 0 saturated heterocycles. The van der Waals surface area contributed by atoms with Crippen molar-refractivity contribution in [3.8, 4) is 11.1 Å². The number of urea groups is 1. The van der Waals surface area contributed by atoms with E-state index in [2.05, 4.69) is 15.6 Å². The number of carbonyl (C=O) groups is 2. The highest BCUT2D eigenvalue weighted by Crippen LogP contribution is 2.30. The summed E-state index contributed by atoms with van der Waals surface area (Å²) in [6.45, 7) is 1.98. The molecule has 144 valence electrons. The number of nitrogens with two attached hydrogens (primary N) is 1. The molecule has 1 unspecified atom stereocenters. The third-order valence-electron chi connectivity index (χ3n) is 4.43. The largest absolute Gasteiger partial charge is 0.391 e. The first-order chi connectivity index (χ1) is 13.5. The molecule has 7 nitrogen and oxygen atoms in total. The molecule has 3 rings (SSSR count). The van der Waals surface area contributed by atoms with Crippen molar-refractivity contribution >= 4 is 28.5 Å². The van der Waals surface area contributed by atoms with Crippen molar-refractivity contribution in [3.05, 3.63) is 60.3 Å². The summed E-state index contributed by atoms with van der Waals surface area (Å²) in [4.78, 5) is 28.7. The Labute approximate surface area is 162 Å². The van der Waals surface area contributed by atoms with Crippen molar-refractivity contribution < 1.29 is 14.7 Å². The topological polar surface area (TPSA) is 117 Å². The lowest BCUT2D eigenvalue weighted by Gasteiger charge is -2.13. The van der Waals surface area contributed by atoms with Gasteiger partial charge in [-0.25, -0.2) is 4.79 Å². The summed E-state index contributed by atoms with van der Waals surface area (Å²) < 4.78 is 0. The minimum Gasteiger partial charge on any atom is -0.391 e. The number of carbonyl (C=O) groups excluding carboxylic acids is 2. The molecule has 2 aromatic carbocycles. The summed E-state index contributed by atoms with van der Waals surface area (Å²) in [7, 11) is 0.